The number of benzene rings is 2. The van der Waals surface area contributed by atoms with Crippen LogP contribution in [0.2, 0.25) is 0 Å². The van der Waals surface area contributed by atoms with E-state index in [1.165, 1.54) is 19.2 Å². The molecule has 1 amide bonds. The van der Waals surface area contributed by atoms with E-state index in [1.54, 1.807) is 24.3 Å². The van der Waals surface area contributed by atoms with Crippen LogP contribution in [0.1, 0.15) is 36.5 Å². The molecule has 1 unspecified atom stereocenters. The number of halogens is 1. The third-order valence-electron chi connectivity index (χ3n) is 6.30. The van der Waals surface area contributed by atoms with Crippen molar-refractivity contribution in [3.63, 3.8) is 0 Å². The van der Waals surface area contributed by atoms with Crippen molar-refractivity contribution in [2.75, 3.05) is 20.2 Å². The molecule has 176 valence electrons. The number of hydrogen-bond donors (Lipinski definition) is 2. The molecule has 1 saturated heterocycles. The number of carbonyl (C=O) groups is 2. The number of methoxy groups -OCH3 is 1. The fraction of sp³-hybridized carbons (Fsp3) is 0.385. The molecule has 0 saturated carbocycles. The molecule has 1 aliphatic rings. The minimum absolute atomic E-state index is 0.261. The van der Waals surface area contributed by atoms with Crippen LogP contribution < -0.4 is 11.1 Å². The van der Waals surface area contributed by atoms with Crippen LogP contribution in [-0.4, -0.2) is 43.0 Å². The Morgan fingerprint density at radius 3 is 2.36 bits per heavy atom. The van der Waals surface area contributed by atoms with Crippen molar-refractivity contribution >= 4 is 11.9 Å². The fourth-order valence-corrected chi connectivity index (χ4v) is 4.38. The monoisotopic (exact) mass is 453 g/mol. The van der Waals surface area contributed by atoms with Gasteiger partial charge in [-0.25, -0.2) is 4.39 Å². The lowest BCUT2D eigenvalue weighted by Gasteiger charge is -2.36. The van der Waals surface area contributed by atoms with E-state index in [0.29, 0.717) is 17.8 Å². The highest BCUT2D eigenvalue weighted by atomic mass is 19.1. The zero-order valence-electron chi connectivity index (χ0n) is 19.2. The van der Waals surface area contributed by atoms with Crippen LogP contribution in [0, 0.1) is 17.7 Å². The first-order valence-corrected chi connectivity index (χ1v) is 11.2. The summed E-state index contributed by atoms with van der Waals surface area (Å²) in [5, 5.41) is 2.96. The van der Waals surface area contributed by atoms with E-state index >= 15 is 0 Å². The summed E-state index contributed by atoms with van der Waals surface area (Å²) in [6, 6.07) is 12.9. The highest BCUT2D eigenvalue weighted by Gasteiger charge is 2.32. The van der Waals surface area contributed by atoms with Crippen LogP contribution in [0.4, 0.5) is 4.39 Å². The van der Waals surface area contributed by atoms with Gasteiger partial charge in [-0.05, 0) is 67.5 Å². The highest BCUT2D eigenvalue weighted by molar-refractivity contribution is 5.95. The summed E-state index contributed by atoms with van der Waals surface area (Å²) in [5.74, 6) is -0.552. The molecule has 3 N–H and O–H groups in total. The molecule has 1 aliphatic heterocycles. The highest BCUT2D eigenvalue weighted by Crippen LogP contribution is 2.27. The lowest BCUT2D eigenvalue weighted by molar-refractivity contribution is -0.147. The Morgan fingerprint density at radius 1 is 1.18 bits per heavy atom. The number of ether oxygens (including phenoxy) is 1. The normalized spacial score (nSPS) is 17.7. The Bertz CT molecular complexity index is 975. The van der Waals surface area contributed by atoms with Crippen molar-refractivity contribution in [3.05, 3.63) is 72.3 Å². The zero-order valence-corrected chi connectivity index (χ0v) is 19.2. The van der Waals surface area contributed by atoms with Gasteiger partial charge in [0.1, 0.15) is 5.82 Å². The largest absolute Gasteiger partial charge is 0.469 e. The number of piperidine rings is 1. The van der Waals surface area contributed by atoms with Crippen molar-refractivity contribution < 1.29 is 18.7 Å². The summed E-state index contributed by atoms with van der Waals surface area (Å²) in [4.78, 5) is 27.4. The summed E-state index contributed by atoms with van der Waals surface area (Å²) in [6.07, 6.45) is 2.57. The second-order valence-electron chi connectivity index (χ2n) is 8.66. The molecule has 33 heavy (non-hydrogen) atoms. The van der Waals surface area contributed by atoms with E-state index in [-0.39, 0.29) is 23.6 Å². The predicted molar refractivity (Wildman–Crippen MR) is 127 cm³/mol. The standard InChI is InChI=1S/C26H32FN3O3/c1-17(24(26(32)33-3)15-19-5-4-14-30(16-19)18(2)28)29-25(31)22-8-6-20(7-9-22)21-10-12-23(27)13-11-21/h6-13,17,19,24H,2,4-5,14-16,28H2,1,3H3,(H,29,31)/t17-,19?,24-/m1/s1. The third-order valence-corrected chi connectivity index (χ3v) is 6.30. The Kier molecular flexibility index (Phi) is 8.09. The molecular weight excluding hydrogens is 421 g/mol. The lowest BCUT2D eigenvalue weighted by Crippen LogP contribution is -2.44. The Labute approximate surface area is 194 Å². The number of likely N-dealkylation sites (tertiary alicyclic amines) is 1. The minimum Gasteiger partial charge on any atom is -0.469 e. The van der Waals surface area contributed by atoms with Crippen LogP contribution in [0.15, 0.2) is 60.9 Å². The number of amides is 1. The Hall–Kier alpha value is -3.35. The zero-order chi connectivity index (χ0) is 24.0. The summed E-state index contributed by atoms with van der Waals surface area (Å²) in [7, 11) is 1.37. The number of rotatable bonds is 8. The van der Waals surface area contributed by atoms with E-state index < -0.39 is 12.0 Å². The number of nitrogens with one attached hydrogen (secondary N) is 1. The number of hydrogen-bond acceptors (Lipinski definition) is 5. The quantitative estimate of drug-likeness (QED) is 0.592. The van der Waals surface area contributed by atoms with Crippen LogP contribution in [0.5, 0.6) is 0 Å². The van der Waals surface area contributed by atoms with Crippen molar-refractivity contribution in [3.8, 4) is 11.1 Å². The molecule has 3 rings (SSSR count). The van der Waals surface area contributed by atoms with E-state index in [2.05, 4.69) is 11.9 Å². The second-order valence-corrected chi connectivity index (χ2v) is 8.66. The second kappa shape index (κ2) is 11.0. The average molecular weight is 454 g/mol. The first-order chi connectivity index (χ1) is 15.8. The van der Waals surface area contributed by atoms with Crippen molar-refractivity contribution in [2.45, 2.75) is 32.2 Å². The van der Waals surface area contributed by atoms with Crippen molar-refractivity contribution in [1.82, 2.24) is 10.2 Å². The molecule has 0 radical (unpaired) electrons. The van der Waals surface area contributed by atoms with Gasteiger partial charge in [-0.15, -0.1) is 0 Å². The van der Waals surface area contributed by atoms with Crippen LogP contribution >= 0.6 is 0 Å². The number of nitrogens with two attached hydrogens (primary N) is 1. The maximum atomic E-state index is 13.1. The molecule has 0 aromatic heterocycles. The molecule has 2 aromatic carbocycles. The molecule has 3 atom stereocenters. The predicted octanol–water partition coefficient (Wildman–Crippen LogP) is 3.93. The fourth-order valence-electron chi connectivity index (χ4n) is 4.38. The first kappa shape index (κ1) is 24.3. The average Bonchev–Trinajstić information content (AvgIpc) is 2.82. The van der Waals surface area contributed by atoms with Gasteiger partial charge in [-0.1, -0.05) is 30.8 Å². The van der Waals surface area contributed by atoms with Gasteiger partial charge in [0.25, 0.3) is 5.91 Å². The number of carbonyl (C=O) groups excluding carboxylic acids is 2. The first-order valence-electron chi connectivity index (χ1n) is 11.2. The van der Waals surface area contributed by atoms with E-state index in [1.807, 2.05) is 24.0 Å². The van der Waals surface area contributed by atoms with Gasteiger partial charge < -0.3 is 20.7 Å². The maximum absolute atomic E-state index is 13.1. The molecule has 0 spiro atoms. The SMILES string of the molecule is C=C(N)N1CCCC(C[C@@H](C(=O)OC)[C@@H](C)NC(=O)c2ccc(-c3ccc(F)cc3)cc2)C1. The smallest absolute Gasteiger partial charge is 0.310 e. The summed E-state index contributed by atoms with van der Waals surface area (Å²) in [5.41, 5.74) is 8.09. The van der Waals surface area contributed by atoms with E-state index in [0.717, 1.165) is 37.1 Å². The summed E-state index contributed by atoms with van der Waals surface area (Å²) in [6.45, 7) is 7.26. The molecule has 0 bridgehead atoms. The van der Waals surface area contributed by atoms with Crippen LogP contribution in [0.25, 0.3) is 11.1 Å². The lowest BCUT2D eigenvalue weighted by atomic mass is 9.85. The summed E-state index contributed by atoms with van der Waals surface area (Å²) >= 11 is 0. The minimum atomic E-state index is -0.464. The van der Waals surface area contributed by atoms with Crippen molar-refractivity contribution in [1.29, 1.82) is 0 Å². The van der Waals surface area contributed by atoms with Gasteiger partial charge in [0.15, 0.2) is 0 Å². The van der Waals surface area contributed by atoms with Gasteiger partial charge in [-0.3, -0.25) is 9.59 Å². The Morgan fingerprint density at radius 2 is 1.79 bits per heavy atom. The van der Waals surface area contributed by atoms with E-state index in [4.69, 9.17) is 10.5 Å². The number of esters is 1. The third kappa shape index (κ3) is 6.34. The maximum Gasteiger partial charge on any atom is 0.310 e. The molecular formula is C26H32FN3O3. The molecule has 2 aromatic rings. The van der Waals surface area contributed by atoms with Gasteiger partial charge in [-0.2, -0.15) is 0 Å². The molecule has 0 aliphatic carbocycles. The molecule has 7 heteroatoms. The Balaban J connectivity index is 1.65. The van der Waals surface area contributed by atoms with Gasteiger partial charge in [0, 0.05) is 24.7 Å². The number of nitrogens with zero attached hydrogens (tertiary/aromatic N) is 1. The van der Waals surface area contributed by atoms with E-state index in [9.17, 15) is 14.0 Å². The van der Waals surface area contributed by atoms with Crippen LogP contribution in [-0.2, 0) is 9.53 Å². The van der Waals surface area contributed by atoms with Crippen molar-refractivity contribution in [2.24, 2.45) is 17.6 Å². The summed E-state index contributed by atoms with van der Waals surface area (Å²) < 4.78 is 18.2. The van der Waals surface area contributed by atoms with Crippen LogP contribution in [0.3, 0.4) is 0 Å². The van der Waals surface area contributed by atoms with Gasteiger partial charge >= 0.3 is 5.97 Å². The molecule has 1 fully saturated rings. The van der Waals surface area contributed by atoms with Gasteiger partial charge in [0.05, 0.1) is 18.8 Å². The molecule has 6 nitrogen and oxygen atoms in total. The topological polar surface area (TPSA) is 84.7 Å². The van der Waals surface area contributed by atoms with Gasteiger partial charge in [0.2, 0.25) is 0 Å². The molecule has 1 heterocycles.